The Labute approximate surface area is 108 Å². The quantitative estimate of drug-likeness (QED) is 0.615. The van der Waals surface area contributed by atoms with Crippen LogP contribution in [0.3, 0.4) is 0 Å². The fourth-order valence-corrected chi connectivity index (χ4v) is 2.10. The van der Waals surface area contributed by atoms with E-state index in [2.05, 4.69) is 9.97 Å². The number of aromatic nitrogens is 2. The number of hydrogen-bond donors (Lipinski definition) is 0. The zero-order valence-electron chi connectivity index (χ0n) is 9.27. The molecule has 18 heavy (non-hydrogen) atoms. The van der Waals surface area contributed by atoms with Gasteiger partial charge in [-0.3, -0.25) is 0 Å². The molecule has 0 N–H and O–H groups in total. The summed E-state index contributed by atoms with van der Waals surface area (Å²) in [6.07, 6.45) is 1.09. The minimum absolute atomic E-state index is 0.0411. The van der Waals surface area contributed by atoms with Gasteiger partial charge in [0.15, 0.2) is 5.82 Å². The van der Waals surface area contributed by atoms with Crippen LogP contribution in [0.4, 0.5) is 4.39 Å². The summed E-state index contributed by atoms with van der Waals surface area (Å²) in [6.45, 7) is 0. The van der Waals surface area contributed by atoms with E-state index in [1.165, 1.54) is 0 Å². The molecule has 0 aliphatic heterocycles. The SMILES string of the molecule is Fc1cnc(Cl)nc1-c1cccc2ccccc12. The van der Waals surface area contributed by atoms with Crippen LogP contribution in [0.15, 0.2) is 48.7 Å². The normalized spacial score (nSPS) is 10.8. The molecule has 3 aromatic rings. The molecule has 0 amide bonds. The van der Waals surface area contributed by atoms with Crippen molar-refractivity contribution in [1.82, 2.24) is 9.97 Å². The second-order valence-corrected chi connectivity index (χ2v) is 4.20. The molecule has 3 rings (SSSR count). The van der Waals surface area contributed by atoms with Gasteiger partial charge in [-0.05, 0) is 22.4 Å². The van der Waals surface area contributed by atoms with Crippen molar-refractivity contribution in [1.29, 1.82) is 0 Å². The monoisotopic (exact) mass is 258 g/mol. The molecule has 2 aromatic carbocycles. The highest BCUT2D eigenvalue weighted by molar-refractivity contribution is 6.28. The molecular weight excluding hydrogens is 251 g/mol. The van der Waals surface area contributed by atoms with Crippen molar-refractivity contribution in [3.8, 4) is 11.3 Å². The van der Waals surface area contributed by atoms with Crippen LogP contribution in [0, 0.1) is 5.82 Å². The first-order valence-electron chi connectivity index (χ1n) is 5.42. The molecular formula is C14H8ClFN2. The summed E-state index contributed by atoms with van der Waals surface area (Å²) < 4.78 is 13.8. The molecule has 0 bridgehead atoms. The van der Waals surface area contributed by atoms with Crippen molar-refractivity contribution >= 4 is 22.4 Å². The summed E-state index contributed by atoms with van der Waals surface area (Å²) in [5.74, 6) is -0.476. The van der Waals surface area contributed by atoms with Crippen LogP contribution < -0.4 is 0 Å². The number of benzene rings is 2. The Kier molecular flexibility index (Phi) is 2.68. The zero-order chi connectivity index (χ0) is 12.5. The molecule has 0 atom stereocenters. The molecule has 0 unspecified atom stereocenters. The van der Waals surface area contributed by atoms with Crippen LogP contribution in [0.25, 0.3) is 22.0 Å². The largest absolute Gasteiger partial charge is 0.223 e. The Bertz CT molecular complexity index is 723. The van der Waals surface area contributed by atoms with Gasteiger partial charge >= 0.3 is 0 Å². The average Bonchev–Trinajstić information content (AvgIpc) is 2.41. The smallest absolute Gasteiger partial charge is 0.223 e. The van der Waals surface area contributed by atoms with E-state index in [0.717, 1.165) is 22.5 Å². The van der Waals surface area contributed by atoms with E-state index in [9.17, 15) is 4.39 Å². The van der Waals surface area contributed by atoms with Gasteiger partial charge in [0, 0.05) is 5.56 Å². The van der Waals surface area contributed by atoms with E-state index in [0.29, 0.717) is 0 Å². The molecule has 0 fully saturated rings. The minimum atomic E-state index is -0.476. The van der Waals surface area contributed by atoms with Gasteiger partial charge in [0.1, 0.15) is 5.69 Å². The molecule has 0 saturated carbocycles. The Morgan fingerprint density at radius 1 is 1.00 bits per heavy atom. The van der Waals surface area contributed by atoms with Crippen LogP contribution in [-0.4, -0.2) is 9.97 Å². The Morgan fingerprint density at radius 2 is 1.78 bits per heavy atom. The molecule has 2 nitrogen and oxygen atoms in total. The predicted molar refractivity (Wildman–Crippen MR) is 69.9 cm³/mol. The lowest BCUT2D eigenvalue weighted by Gasteiger charge is -2.06. The first-order valence-corrected chi connectivity index (χ1v) is 5.79. The maximum absolute atomic E-state index is 13.8. The summed E-state index contributed by atoms with van der Waals surface area (Å²) in [4.78, 5) is 7.60. The topological polar surface area (TPSA) is 25.8 Å². The number of fused-ring (bicyclic) bond motifs is 1. The molecule has 0 radical (unpaired) electrons. The van der Waals surface area contributed by atoms with Gasteiger partial charge in [-0.25, -0.2) is 14.4 Å². The summed E-state index contributed by atoms with van der Waals surface area (Å²) >= 11 is 5.73. The lowest BCUT2D eigenvalue weighted by atomic mass is 10.0. The predicted octanol–water partition coefficient (Wildman–Crippen LogP) is 4.09. The van der Waals surface area contributed by atoms with Gasteiger partial charge in [0.2, 0.25) is 5.28 Å². The molecule has 0 saturated heterocycles. The molecule has 1 heterocycles. The van der Waals surface area contributed by atoms with E-state index < -0.39 is 5.82 Å². The average molecular weight is 259 g/mol. The van der Waals surface area contributed by atoms with E-state index in [-0.39, 0.29) is 11.0 Å². The van der Waals surface area contributed by atoms with Crippen molar-refractivity contribution in [3.63, 3.8) is 0 Å². The fraction of sp³-hybridized carbons (Fsp3) is 0. The van der Waals surface area contributed by atoms with Gasteiger partial charge in [-0.15, -0.1) is 0 Å². The summed E-state index contributed by atoms with van der Waals surface area (Å²) in [5, 5.41) is 2.01. The van der Waals surface area contributed by atoms with Crippen molar-refractivity contribution in [3.05, 3.63) is 59.8 Å². The first-order chi connectivity index (χ1) is 8.75. The maximum Gasteiger partial charge on any atom is 0.223 e. The van der Waals surface area contributed by atoms with Crippen molar-refractivity contribution < 1.29 is 4.39 Å². The zero-order valence-corrected chi connectivity index (χ0v) is 10.0. The number of nitrogens with zero attached hydrogens (tertiary/aromatic N) is 2. The number of halogens is 2. The van der Waals surface area contributed by atoms with Crippen molar-refractivity contribution in [2.24, 2.45) is 0 Å². The van der Waals surface area contributed by atoms with Crippen LogP contribution in [0.1, 0.15) is 0 Å². The fourth-order valence-electron chi connectivity index (χ4n) is 1.97. The highest BCUT2D eigenvalue weighted by Gasteiger charge is 2.11. The summed E-state index contributed by atoms with van der Waals surface area (Å²) in [6, 6.07) is 13.4. The molecule has 88 valence electrons. The lowest BCUT2D eigenvalue weighted by Crippen LogP contribution is -1.93. The van der Waals surface area contributed by atoms with E-state index >= 15 is 0 Å². The minimum Gasteiger partial charge on any atom is -0.223 e. The Hall–Kier alpha value is -2.00. The first kappa shape index (κ1) is 11.1. The molecule has 4 heteroatoms. The molecule has 0 spiro atoms. The summed E-state index contributed by atoms with van der Waals surface area (Å²) in [7, 11) is 0. The van der Waals surface area contributed by atoms with Gasteiger partial charge < -0.3 is 0 Å². The van der Waals surface area contributed by atoms with E-state index in [1.807, 2.05) is 42.5 Å². The van der Waals surface area contributed by atoms with Gasteiger partial charge in [0.25, 0.3) is 0 Å². The summed E-state index contributed by atoms with van der Waals surface area (Å²) in [5.41, 5.74) is 0.946. The Balaban J connectivity index is 2.35. The van der Waals surface area contributed by atoms with Crippen LogP contribution in [0.5, 0.6) is 0 Å². The highest BCUT2D eigenvalue weighted by atomic mass is 35.5. The standard InChI is InChI=1S/C14H8ClFN2/c15-14-17-8-12(16)13(18-14)11-7-3-5-9-4-1-2-6-10(9)11/h1-8H. The third-order valence-corrected chi connectivity index (χ3v) is 2.94. The second kappa shape index (κ2) is 4.35. The molecule has 0 aliphatic rings. The van der Waals surface area contributed by atoms with E-state index in [1.54, 1.807) is 0 Å². The second-order valence-electron chi connectivity index (χ2n) is 3.86. The number of hydrogen-bond acceptors (Lipinski definition) is 2. The molecule has 0 aliphatic carbocycles. The number of rotatable bonds is 1. The van der Waals surface area contributed by atoms with Gasteiger partial charge in [-0.2, -0.15) is 0 Å². The maximum atomic E-state index is 13.8. The Morgan fingerprint density at radius 3 is 2.67 bits per heavy atom. The van der Waals surface area contributed by atoms with Crippen LogP contribution >= 0.6 is 11.6 Å². The third kappa shape index (κ3) is 1.83. The van der Waals surface area contributed by atoms with Gasteiger partial charge in [-0.1, -0.05) is 42.5 Å². The van der Waals surface area contributed by atoms with Crippen LogP contribution in [-0.2, 0) is 0 Å². The van der Waals surface area contributed by atoms with Crippen LogP contribution in [0.2, 0.25) is 5.28 Å². The van der Waals surface area contributed by atoms with Gasteiger partial charge in [0.05, 0.1) is 6.20 Å². The van der Waals surface area contributed by atoms with Crippen molar-refractivity contribution in [2.75, 3.05) is 0 Å². The molecule has 1 aromatic heterocycles. The lowest BCUT2D eigenvalue weighted by molar-refractivity contribution is 0.618. The third-order valence-electron chi connectivity index (χ3n) is 2.76. The van der Waals surface area contributed by atoms with Crippen molar-refractivity contribution in [2.45, 2.75) is 0 Å². The van der Waals surface area contributed by atoms with E-state index in [4.69, 9.17) is 11.6 Å². The highest BCUT2D eigenvalue weighted by Crippen LogP contribution is 2.29.